The summed E-state index contributed by atoms with van der Waals surface area (Å²) < 4.78 is 0. The fourth-order valence-corrected chi connectivity index (χ4v) is 2.60. The molecule has 2 fully saturated rings. The number of hydrogen-bond acceptors (Lipinski definition) is 6. The summed E-state index contributed by atoms with van der Waals surface area (Å²) in [5.74, 6) is -0.963. The molecule has 2 aliphatic heterocycles. The van der Waals surface area contributed by atoms with Crippen LogP contribution in [0.2, 0.25) is 0 Å². The lowest BCUT2D eigenvalue weighted by Crippen LogP contribution is -2.41. The Hall–Kier alpha value is -1.67. The highest BCUT2D eigenvalue weighted by Gasteiger charge is 2.33. The molecule has 8 nitrogen and oxygen atoms in total. The molecule has 0 spiro atoms. The van der Waals surface area contributed by atoms with Gasteiger partial charge in [0.15, 0.2) is 0 Å². The number of hydrogen-bond donors (Lipinski definition) is 2. The number of β-amino-alcohol motifs (C(OH)–C–C–N with tert-alkyl or cyclic N) is 1. The Morgan fingerprint density at radius 1 is 1.24 bits per heavy atom. The Bertz CT molecular complexity index is 399. The number of imide groups is 1. The SMILES string of the molecule is O=C(NC1CCCN(CCO)CC1)ON1C(=O)CCC1=O. The Labute approximate surface area is 123 Å². The second-order valence-electron chi connectivity index (χ2n) is 5.30. The maximum absolute atomic E-state index is 11.7. The van der Waals surface area contributed by atoms with Gasteiger partial charge < -0.3 is 20.2 Å². The molecular formula is C13H21N3O5. The summed E-state index contributed by atoms with van der Waals surface area (Å²) >= 11 is 0. The highest BCUT2D eigenvalue weighted by molar-refractivity contribution is 6.01. The molecule has 0 aliphatic carbocycles. The largest absolute Gasteiger partial charge is 0.432 e. The summed E-state index contributed by atoms with van der Waals surface area (Å²) in [5.41, 5.74) is 0. The summed E-state index contributed by atoms with van der Waals surface area (Å²) in [6.07, 6.45) is 1.87. The van der Waals surface area contributed by atoms with E-state index in [4.69, 9.17) is 9.94 Å². The molecule has 2 aliphatic rings. The number of amides is 3. The van der Waals surface area contributed by atoms with Crippen LogP contribution in [-0.2, 0) is 14.4 Å². The van der Waals surface area contributed by atoms with E-state index in [2.05, 4.69) is 10.2 Å². The fourth-order valence-electron chi connectivity index (χ4n) is 2.60. The third kappa shape index (κ3) is 4.40. The van der Waals surface area contributed by atoms with Crippen LogP contribution in [0.3, 0.4) is 0 Å². The summed E-state index contributed by atoms with van der Waals surface area (Å²) in [6, 6.07) is -0.0472. The van der Waals surface area contributed by atoms with Crippen LogP contribution in [0.25, 0.3) is 0 Å². The molecule has 0 aromatic carbocycles. The van der Waals surface area contributed by atoms with E-state index in [1.54, 1.807) is 0 Å². The average Bonchev–Trinajstić information content (AvgIpc) is 2.66. The molecule has 2 N–H and O–H groups in total. The monoisotopic (exact) mass is 299 g/mol. The van der Waals surface area contributed by atoms with Gasteiger partial charge in [-0.1, -0.05) is 0 Å². The number of aliphatic hydroxyl groups is 1. The van der Waals surface area contributed by atoms with Crippen LogP contribution in [0.15, 0.2) is 0 Å². The molecule has 118 valence electrons. The van der Waals surface area contributed by atoms with E-state index >= 15 is 0 Å². The molecular weight excluding hydrogens is 278 g/mol. The Kier molecular flexibility index (Phi) is 5.51. The number of carbonyl (C=O) groups is 3. The molecule has 3 amide bonds. The number of nitrogens with zero attached hydrogens (tertiary/aromatic N) is 2. The van der Waals surface area contributed by atoms with E-state index in [1.807, 2.05) is 0 Å². The van der Waals surface area contributed by atoms with Gasteiger partial charge in [0.1, 0.15) is 0 Å². The predicted molar refractivity (Wildman–Crippen MR) is 71.9 cm³/mol. The second-order valence-corrected chi connectivity index (χ2v) is 5.30. The average molecular weight is 299 g/mol. The minimum Gasteiger partial charge on any atom is -0.395 e. The minimum atomic E-state index is -0.765. The van der Waals surface area contributed by atoms with Gasteiger partial charge in [0.2, 0.25) is 0 Å². The molecule has 21 heavy (non-hydrogen) atoms. The van der Waals surface area contributed by atoms with Gasteiger partial charge in [-0.15, -0.1) is 5.06 Å². The van der Waals surface area contributed by atoms with Crippen molar-refractivity contribution in [1.82, 2.24) is 15.3 Å². The molecule has 0 aromatic heterocycles. The maximum Gasteiger partial charge on any atom is 0.432 e. The van der Waals surface area contributed by atoms with Crippen molar-refractivity contribution < 1.29 is 24.3 Å². The topological polar surface area (TPSA) is 99.2 Å². The maximum atomic E-state index is 11.7. The van der Waals surface area contributed by atoms with Crippen molar-refractivity contribution >= 4 is 17.9 Å². The Morgan fingerprint density at radius 2 is 1.95 bits per heavy atom. The van der Waals surface area contributed by atoms with E-state index in [0.29, 0.717) is 11.6 Å². The molecule has 0 aromatic rings. The molecule has 2 saturated heterocycles. The number of rotatable bonds is 4. The summed E-state index contributed by atoms with van der Waals surface area (Å²) in [4.78, 5) is 41.4. The van der Waals surface area contributed by atoms with E-state index < -0.39 is 17.9 Å². The predicted octanol–water partition coefficient (Wildman–Crippen LogP) is -0.377. The zero-order chi connectivity index (χ0) is 15.2. The van der Waals surface area contributed by atoms with Gasteiger partial charge in [0.25, 0.3) is 11.8 Å². The van der Waals surface area contributed by atoms with Crippen molar-refractivity contribution in [1.29, 1.82) is 0 Å². The zero-order valence-corrected chi connectivity index (χ0v) is 11.9. The number of likely N-dealkylation sites (tertiary alicyclic amines) is 1. The molecule has 8 heteroatoms. The fraction of sp³-hybridized carbons (Fsp3) is 0.769. The highest BCUT2D eigenvalue weighted by atomic mass is 16.7. The standard InChI is InChI=1S/C13H21N3O5/c17-9-8-15-6-1-2-10(5-7-15)14-13(20)21-16-11(18)3-4-12(16)19/h10,17H,1-9H2,(H,14,20). The first kappa shape index (κ1) is 15.7. The van der Waals surface area contributed by atoms with Crippen LogP contribution in [0.1, 0.15) is 32.1 Å². The number of carbonyl (C=O) groups excluding carboxylic acids is 3. The van der Waals surface area contributed by atoms with E-state index in [1.165, 1.54) is 0 Å². The minimum absolute atomic E-state index is 0.0472. The normalized spacial score (nSPS) is 24.0. The molecule has 0 bridgehead atoms. The van der Waals surface area contributed by atoms with Crippen molar-refractivity contribution in [3.8, 4) is 0 Å². The highest BCUT2D eigenvalue weighted by Crippen LogP contribution is 2.14. The third-order valence-electron chi connectivity index (χ3n) is 3.74. The lowest BCUT2D eigenvalue weighted by molar-refractivity contribution is -0.171. The lowest BCUT2D eigenvalue weighted by atomic mass is 10.1. The molecule has 0 saturated carbocycles. The van der Waals surface area contributed by atoms with Gasteiger partial charge in [-0.3, -0.25) is 9.59 Å². The molecule has 1 unspecified atom stereocenters. The van der Waals surface area contributed by atoms with Gasteiger partial charge in [0, 0.05) is 32.0 Å². The van der Waals surface area contributed by atoms with Crippen LogP contribution in [0, 0.1) is 0 Å². The van der Waals surface area contributed by atoms with Gasteiger partial charge in [-0.25, -0.2) is 4.79 Å². The van der Waals surface area contributed by atoms with E-state index in [0.717, 1.165) is 32.4 Å². The number of hydroxylamine groups is 2. The van der Waals surface area contributed by atoms with Gasteiger partial charge in [-0.05, 0) is 25.8 Å². The van der Waals surface area contributed by atoms with Crippen molar-refractivity contribution in [2.24, 2.45) is 0 Å². The van der Waals surface area contributed by atoms with Crippen molar-refractivity contribution in [2.75, 3.05) is 26.2 Å². The van der Waals surface area contributed by atoms with Gasteiger partial charge in [-0.2, -0.15) is 0 Å². The lowest BCUT2D eigenvalue weighted by Gasteiger charge is -2.20. The molecule has 2 rings (SSSR count). The zero-order valence-electron chi connectivity index (χ0n) is 11.9. The van der Waals surface area contributed by atoms with Crippen LogP contribution in [0.4, 0.5) is 4.79 Å². The van der Waals surface area contributed by atoms with Crippen LogP contribution >= 0.6 is 0 Å². The van der Waals surface area contributed by atoms with Crippen LogP contribution < -0.4 is 5.32 Å². The summed E-state index contributed by atoms with van der Waals surface area (Å²) in [5, 5.41) is 12.2. The van der Waals surface area contributed by atoms with Gasteiger partial charge in [0.05, 0.1) is 6.61 Å². The third-order valence-corrected chi connectivity index (χ3v) is 3.74. The summed E-state index contributed by atoms with van der Waals surface area (Å²) in [6.45, 7) is 2.43. The molecule has 0 radical (unpaired) electrons. The second kappa shape index (κ2) is 7.37. The first-order chi connectivity index (χ1) is 10.1. The number of nitrogens with one attached hydrogen (secondary N) is 1. The van der Waals surface area contributed by atoms with Gasteiger partial charge >= 0.3 is 6.09 Å². The van der Waals surface area contributed by atoms with Crippen molar-refractivity contribution in [3.05, 3.63) is 0 Å². The summed E-state index contributed by atoms with van der Waals surface area (Å²) in [7, 11) is 0. The number of aliphatic hydroxyl groups excluding tert-OH is 1. The first-order valence-electron chi connectivity index (χ1n) is 7.27. The van der Waals surface area contributed by atoms with E-state index in [9.17, 15) is 14.4 Å². The van der Waals surface area contributed by atoms with Crippen LogP contribution in [0.5, 0.6) is 0 Å². The van der Waals surface area contributed by atoms with E-state index in [-0.39, 0.29) is 25.5 Å². The Balaban J connectivity index is 1.77. The smallest absolute Gasteiger partial charge is 0.395 e. The molecule has 1 atom stereocenters. The Morgan fingerprint density at radius 3 is 2.62 bits per heavy atom. The van der Waals surface area contributed by atoms with Crippen molar-refractivity contribution in [2.45, 2.75) is 38.1 Å². The van der Waals surface area contributed by atoms with Crippen molar-refractivity contribution in [3.63, 3.8) is 0 Å². The quantitative estimate of drug-likeness (QED) is 0.687. The van der Waals surface area contributed by atoms with Crippen LogP contribution in [-0.4, -0.2) is 65.3 Å². The molecule has 2 heterocycles. The first-order valence-corrected chi connectivity index (χ1v) is 7.27.